The second-order valence-electron chi connectivity index (χ2n) is 5.12. The van der Waals surface area contributed by atoms with E-state index in [0.717, 1.165) is 12.3 Å². The Hall–Kier alpha value is -2.32. The number of carbonyl (C=O) groups excluding carboxylic acids is 1. The van der Waals surface area contributed by atoms with Crippen molar-refractivity contribution in [3.05, 3.63) is 53.3 Å². The van der Waals surface area contributed by atoms with Crippen LogP contribution in [0.15, 0.2) is 42.5 Å². The van der Waals surface area contributed by atoms with E-state index in [0.29, 0.717) is 15.7 Å². The van der Waals surface area contributed by atoms with Crippen molar-refractivity contribution in [2.45, 2.75) is 0 Å². The van der Waals surface area contributed by atoms with Crippen LogP contribution in [-0.2, 0) is 14.8 Å². The molecule has 134 valence electrons. The van der Waals surface area contributed by atoms with Crippen LogP contribution in [0.3, 0.4) is 0 Å². The number of ether oxygens (including phenoxy) is 1. The van der Waals surface area contributed by atoms with E-state index in [1.54, 1.807) is 12.1 Å². The van der Waals surface area contributed by atoms with Crippen LogP contribution in [0.5, 0.6) is 5.75 Å². The largest absolute Gasteiger partial charge is 0.495 e. The number of sulfonamides is 1. The Morgan fingerprint density at radius 3 is 2.52 bits per heavy atom. The molecule has 9 heteroatoms. The molecule has 0 aliphatic rings. The average Bonchev–Trinajstić information content (AvgIpc) is 2.52. The van der Waals surface area contributed by atoms with Crippen LogP contribution in [0, 0.1) is 5.82 Å². The molecule has 1 N–H and O–H groups in total. The fourth-order valence-electron chi connectivity index (χ4n) is 2.11. The van der Waals surface area contributed by atoms with Gasteiger partial charge in [-0.1, -0.05) is 23.7 Å². The fraction of sp³-hybridized carbons (Fsp3) is 0.188. The molecule has 25 heavy (non-hydrogen) atoms. The second kappa shape index (κ2) is 7.71. The summed E-state index contributed by atoms with van der Waals surface area (Å²) in [5.74, 6) is -0.952. The van der Waals surface area contributed by atoms with Gasteiger partial charge in [-0.2, -0.15) is 0 Å². The molecule has 0 spiro atoms. The maximum atomic E-state index is 13.9. The molecule has 2 aromatic carbocycles. The number of nitrogens with one attached hydrogen (secondary N) is 1. The van der Waals surface area contributed by atoms with Gasteiger partial charge < -0.3 is 10.1 Å². The summed E-state index contributed by atoms with van der Waals surface area (Å²) >= 11 is 5.98. The van der Waals surface area contributed by atoms with Crippen LogP contribution in [0.2, 0.25) is 5.02 Å². The number of carbonyl (C=O) groups is 1. The van der Waals surface area contributed by atoms with Crippen molar-refractivity contribution in [2.24, 2.45) is 0 Å². The molecule has 0 atom stereocenters. The SMILES string of the molecule is COc1ccc(NC(=O)CN(c2ccccc2F)S(C)(=O)=O)cc1Cl. The zero-order valence-corrected chi connectivity index (χ0v) is 15.1. The molecule has 6 nitrogen and oxygen atoms in total. The summed E-state index contributed by atoms with van der Waals surface area (Å²) in [4.78, 5) is 12.2. The van der Waals surface area contributed by atoms with Crippen LogP contribution in [0.1, 0.15) is 0 Å². The number of para-hydroxylation sites is 1. The minimum atomic E-state index is -3.86. The summed E-state index contributed by atoms with van der Waals surface area (Å²) < 4.78 is 43.5. The number of rotatable bonds is 6. The van der Waals surface area contributed by atoms with E-state index in [4.69, 9.17) is 16.3 Å². The molecule has 0 fully saturated rings. The van der Waals surface area contributed by atoms with Gasteiger partial charge in [-0.25, -0.2) is 12.8 Å². The number of hydrogen-bond donors (Lipinski definition) is 1. The fourth-order valence-corrected chi connectivity index (χ4v) is 3.22. The molecule has 0 heterocycles. The Bertz CT molecular complexity index is 889. The number of benzene rings is 2. The van der Waals surface area contributed by atoms with Crippen LogP contribution >= 0.6 is 11.6 Å². The molecule has 1 amide bonds. The van der Waals surface area contributed by atoms with Gasteiger partial charge in [-0.15, -0.1) is 0 Å². The molecule has 0 unspecified atom stereocenters. The predicted octanol–water partition coefficient (Wildman–Crippen LogP) is 2.89. The van der Waals surface area contributed by atoms with Crippen molar-refractivity contribution >= 4 is 38.9 Å². The second-order valence-corrected chi connectivity index (χ2v) is 7.43. The first-order valence-electron chi connectivity index (χ1n) is 7.08. The normalized spacial score (nSPS) is 11.0. The van der Waals surface area contributed by atoms with Crippen molar-refractivity contribution in [3.8, 4) is 5.75 Å². The lowest BCUT2D eigenvalue weighted by atomic mass is 10.3. The molecule has 2 aromatic rings. The van der Waals surface area contributed by atoms with Crippen LogP contribution < -0.4 is 14.4 Å². The minimum Gasteiger partial charge on any atom is -0.495 e. The predicted molar refractivity (Wildman–Crippen MR) is 95.2 cm³/mol. The standard InChI is InChI=1S/C16H16ClFN2O4S/c1-24-15-8-7-11(9-12(15)17)19-16(21)10-20(25(2,22)23)14-6-4-3-5-13(14)18/h3-9H,10H2,1-2H3,(H,19,21). The van der Waals surface area contributed by atoms with Crippen LogP contribution in [-0.4, -0.2) is 34.2 Å². The zero-order valence-electron chi connectivity index (χ0n) is 13.5. The first kappa shape index (κ1) is 19.0. The van der Waals surface area contributed by atoms with Crippen molar-refractivity contribution in [2.75, 3.05) is 29.5 Å². The smallest absolute Gasteiger partial charge is 0.245 e. The monoisotopic (exact) mass is 386 g/mol. The highest BCUT2D eigenvalue weighted by atomic mass is 35.5. The first-order chi connectivity index (χ1) is 11.7. The first-order valence-corrected chi connectivity index (χ1v) is 9.30. The van der Waals surface area contributed by atoms with Gasteiger partial charge >= 0.3 is 0 Å². The lowest BCUT2D eigenvalue weighted by Crippen LogP contribution is -2.38. The highest BCUT2D eigenvalue weighted by Gasteiger charge is 2.23. The highest BCUT2D eigenvalue weighted by molar-refractivity contribution is 7.92. The van der Waals surface area contributed by atoms with Crippen molar-refractivity contribution in [3.63, 3.8) is 0 Å². The zero-order chi connectivity index (χ0) is 18.6. The van der Waals surface area contributed by atoms with E-state index in [9.17, 15) is 17.6 Å². The molecule has 0 aliphatic carbocycles. The van der Waals surface area contributed by atoms with Crippen LogP contribution in [0.25, 0.3) is 0 Å². The van der Waals surface area contributed by atoms with Gasteiger partial charge in [0.15, 0.2) is 0 Å². The third-order valence-corrected chi connectivity index (χ3v) is 4.67. The Morgan fingerprint density at radius 2 is 1.96 bits per heavy atom. The van der Waals surface area contributed by atoms with E-state index in [1.807, 2.05) is 0 Å². The Kier molecular flexibility index (Phi) is 5.86. The quantitative estimate of drug-likeness (QED) is 0.828. The van der Waals surface area contributed by atoms with Gasteiger partial charge in [0.25, 0.3) is 0 Å². The highest BCUT2D eigenvalue weighted by Crippen LogP contribution is 2.27. The van der Waals surface area contributed by atoms with Gasteiger partial charge in [0, 0.05) is 5.69 Å². The van der Waals surface area contributed by atoms with Crippen LogP contribution in [0.4, 0.5) is 15.8 Å². The molecule has 2 rings (SSSR count). The van der Waals surface area contributed by atoms with Gasteiger partial charge in [0.2, 0.25) is 15.9 Å². The topological polar surface area (TPSA) is 75.7 Å². The van der Waals surface area contributed by atoms with Gasteiger partial charge in [0.05, 0.1) is 24.1 Å². The number of methoxy groups -OCH3 is 1. The number of nitrogens with zero attached hydrogens (tertiary/aromatic N) is 1. The van der Waals surface area contributed by atoms with Gasteiger partial charge in [0.1, 0.15) is 18.1 Å². The van der Waals surface area contributed by atoms with Crippen molar-refractivity contribution in [1.29, 1.82) is 0 Å². The molecule has 0 aliphatic heterocycles. The Labute approximate surface area is 150 Å². The summed E-state index contributed by atoms with van der Waals surface area (Å²) in [7, 11) is -2.40. The summed E-state index contributed by atoms with van der Waals surface area (Å²) in [6.07, 6.45) is 0.900. The number of halogens is 2. The maximum Gasteiger partial charge on any atom is 0.245 e. The number of anilines is 2. The number of hydrogen-bond acceptors (Lipinski definition) is 4. The summed E-state index contributed by atoms with van der Waals surface area (Å²) in [5, 5.41) is 2.80. The molecule has 0 bridgehead atoms. The maximum absolute atomic E-state index is 13.9. The lowest BCUT2D eigenvalue weighted by Gasteiger charge is -2.22. The summed E-state index contributed by atoms with van der Waals surface area (Å²) in [5.41, 5.74) is 0.158. The third-order valence-electron chi connectivity index (χ3n) is 3.24. The molecular formula is C16H16ClFN2O4S. The van der Waals surface area contributed by atoms with Crippen molar-refractivity contribution in [1.82, 2.24) is 0 Å². The molecule has 0 saturated heterocycles. The molecule has 0 radical (unpaired) electrons. The van der Waals surface area contributed by atoms with Crippen molar-refractivity contribution < 1.29 is 22.3 Å². The van der Waals surface area contributed by atoms with E-state index >= 15 is 0 Å². The van der Waals surface area contributed by atoms with E-state index in [-0.39, 0.29) is 10.7 Å². The Balaban J connectivity index is 2.21. The summed E-state index contributed by atoms with van der Waals surface area (Å²) in [6.45, 7) is -0.580. The molecular weight excluding hydrogens is 371 g/mol. The third kappa shape index (κ3) is 4.83. The molecule has 0 aromatic heterocycles. The lowest BCUT2D eigenvalue weighted by molar-refractivity contribution is -0.114. The van der Waals surface area contributed by atoms with Gasteiger partial charge in [-0.05, 0) is 30.3 Å². The van der Waals surface area contributed by atoms with E-state index < -0.39 is 28.3 Å². The molecule has 0 saturated carbocycles. The van der Waals surface area contributed by atoms with E-state index in [2.05, 4.69) is 5.32 Å². The van der Waals surface area contributed by atoms with E-state index in [1.165, 1.54) is 31.4 Å². The number of amides is 1. The Morgan fingerprint density at radius 1 is 1.28 bits per heavy atom. The summed E-state index contributed by atoms with van der Waals surface area (Å²) in [6, 6.07) is 9.89. The van der Waals surface area contributed by atoms with Gasteiger partial charge in [-0.3, -0.25) is 9.10 Å². The minimum absolute atomic E-state index is 0.201. The average molecular weight is 387 g/mol.